The molecule has 1 aromatic heterocycles. The molecule has 1 atom stereocenters. The zero-order valence-corrected chi connectivity index (χ0v) is 24.4. The highest BCUT2D eigenvalue weighted by atomic mass is 19.4. The molecule has 1 unspecified atom stereocenters. The lowest BCUT2D eigenvalue weighted by molar-refractivity contribution is -0.274. The Labute approximate surface area is 247 Å². The lowest BCUT2D eigenvalue weighted by Gasteiger charge is -2.35. The fraction of sp³-hybridized carbons (Fsp3) is 0.484. The molecule has 5 rings (SSSR count). The summed E-state index contributed by atoms with van der Waals surface area (Å²) < 4.78 is 54.1. The number of hydrogen-bond donors (Lipinski definition) is 2. The molecule has 0 radical (unpaired) electrons. The summed E-state index contributed by atoms with van der Waals surface area (Å²) in [6, 6.07) is 9.13. The lowest BCUT2D eigenvalue weighted by atomic mass is 9.82. The Kier molecular flexibility index (Phi) is 8.40. The number of furan rings is 1. The third-order valence-electron chi connectivity index (χ3n) is 8.02. The van der Waals surface area contributed by atoms with Crippen molar-refractivity contribution in [3.8, 4) is 11.5 Å². The Hall–Kier alpha value is -4.09. The highest BCUT2D eigenvalue weighted by Gasteiger charge is 2.35. The van der Waals surface area contributed by atoms with Crippen LogP contribution in [-0.4, -0.2) is 54.6 Å². The van der Waals surface area contributed by atoms with Crippen LogP contribution in [0.3, 0.4) is 0 Å². The first-order valence-electron chi connectivity index (χ1n) is 14.4. The molecule has 0 aliphatic carbocycles. The Morgan fingerprint density at radius 2 is 1.72 bits per heavy atom. The van der Waals surface area contributed by atoms with Crippen LogP contribution in [0.5, 0.6) is 11.5 Å². The highest BCUT2D eigenvalue weighted by Crippen LogP contribution is 2.46. The maximum atomic E-state index is 12.5. The van der Waals surface area contributed by atoms with Crippen LogP contribution in [0.1, 0.15) is 70.0 Å². The van der Waals surface area contributed by atoms with E-state index in [1.165, 1.54) is 17.0 Å². The number of piperidine rings is 2. The number of rotatable bonds is 7. The van der Waals surface area contributed by atoms with E-state index in [4.69, 9.17) is 9.15 Å². The standard InChI is InChI=1S/C31H36F3N3O6/c1-30(2,3)27-26-23(24-6-4-5-13-37(24)29(39)40)16-22(17-25(26)42-28(27)35-18-38)41-20-11-14-36(15-12-20)19-7-9-21(10-8-19)43-31(32,33)34/h7-10,16-18,20,24H,4-6,11-15H2,1-3H3,(H,35,38)(H,39,40). The Bertz CT molecular complexity index is 1460. The monoisotopic (exact) mass is 603 g/mol. The molecule has 0 spiro atoms. The number of anilines is 2. The van der Waals surface area contributed by atoms with E-state index in [0.29, 0.717) is 62.5 Å². The maximum absolute atomic E-state index is 12.5. The van der Waals surface area contributed by atoms with Crippen molar-refractivity contribution in [3.05, 3.63) is 47.5 Å². The van der Waals surface area contributed by atoms with E-state index in [9.17, 15) is 27.9 Å². The van der Waals surface area contributed by atoms with Gasteiger partial charge in [-0.25, -0.2) is 4.79 Å². The molecular weight excluding hydrogens is 567 g/mol. The number of benzene rings is 2. The minimum atomic E-state index is -4.74. The molecule has 2 N–H and O–H groups in total. The number of amides is 2. The summed E-state index contributed by atoms with van der Waals surface area (Å²) in [5.74, 6) is 0.616. The van der Waals surface area contributed by atoms with Crippen molar-refractivity contribution in [1.29, 1.82) is 0 Å². The second-order valence-electron chi connectivity index (χ2n) is 12.0. The molecule has 12 heteroatoms. The number of hydrogen-bond acceptors (Lipinski definition) is 6. The first kappa shape index (κ1) is 30.4. The van der Waals surface area contributed by atoms with Crippen LogP contribution in [0.15, 0.2) is 40.8 Å². The number of ether oxygens (including phenoxy) is 2. The largest absolute Gasteiger partial charge is 0.573 e. The second-order valence-corrected chi connectivity index (χ2v) is 12.0. The highest BCUT2D eigenvalue weighted by molar-refractivity contribution is 5.94. The summed E-state index contributed by atoms with van der Waals surface area (Å²) in [6.07, 6.45) is -1.63. The van der Waals surface area contributed by atoms with Gasteiger partial charge in [0.25, 0.3) is 0 Å². The van der Waals surface area contributed by atoms with Crippen molar-refractivity contribution in [2.45, 2.75) is 76.8 Å². The molecule has 2 aliphatic heterocycles. The zero-order chi connectivity index (χ0) is 30.9. The van der Waals surface area contributed by atoms with Crippen LogP contribution in [-0.2, 0) is 10.2 Å². The predicted octanol–water partition coefficient (Wildman–Crippen LogP) is 7.45. The molecule has 2 fully saturated rings. The summed E-state index contributed by atoms with van der Waals surface area (Å²) in [4.78, 5) is 27.2. The summed E-state index contributed by atoms with van der Waals surface area (Å²) in [6.45, 7) is 7.75. The van der Waals surface area contributed by atoms with Crippen molar-refractivity contribution < 1.29 is 41.8 Å². The minimum absolute atomic E-state index is 0.138. The van der Waals surface area contributed by atoms with Gasteiger partial charge in [0.1, 0.15) is 23.2 Å². The molecule has 232 valence electrons. The van der Waals surface area contributed by atoms with Gasteiger partial charge in [-0.3, -0.25) is 10.1 Å². The van der Waals surface area contributed by atoms with Gasteiger partial charge in [-0.1, -0.05) is 20.8 Å². The average Bonchev–Trinajstić information content (AvgIpc) is 3.31. The van der Waals surface area contributed by atoms with Gasteiger partial charge in [-0.15, -0.1) is 13.2 Å². The molecule has 0 bridgehead atoms. The topological polar surface area (TPSA) is 104 Å². The number of carboxylic acid groups (broad SMARTS) is 1. The fourth-order valence-electron chi connectivity index (χ4n) is 6.20. The normalized spacial score (nSPS) is 18.5. The molecule has 3 aromatic rings. The van der Waals surface area contributed by atoms with E-state index in [1.807, 2.05) is 26.8 Å². The number of nitrogens with one attached hydrogen (secondary N) is 1. The van der Waals surface area contributed by atoms with Gasteiger partial charge in [0, 0.05) is 55.2 Å². The average molecular weight is 604 g/mol. The quantitative estimate of drug-likeness (QED) is 0.270. The predicted molar refractivity (Wildman–Crippen MR) is 155 cm³/mol. The van der Waals surface area contributed by atoms with Gasteiger partial charge in [0.2, 0.25) is 12.3 Å². The number of nitrogens with zero attached hydrogens (tertiary/aromatic N) is 2. The van der Waals surface area contributed by atoms with E-state index in [1.54, 1.807) is 18.2 Å². The summed E-state index contributed by atoms with van der Waals surface area (Å²) in [5, 5.41) is 13.5. The molecule has 3 heterocycles. The maximum Gasteiger partial charge on any atom is 0.573 e. The first-order chi connectivity index (χ1) is 20.3. The number of carbonyl (C=O) groups excluding carboxylic acids is 1. The van der Waals surface area contributed by atoms with Gasteiger partial charge in [0.15, 0.2) is 0 Å². The number of alkyl halides is 3. The second kappa shape index (κ2) is 11.9. The smallest absolute Gasteiger partial charge is 0.490 e. The van der Waals surface area contributed by atoms with Crippen LogP contribution in [0.4, 0.5) is 29.5 Å². The van der Waals surface area contributed by atoms with Crippen LogP contribution >= 0.6 is 0 Å². The van der Waals surface area contributed by atoms with Crippen LogP contribution < -0.4 is 19.7 Å². The molecule has 2 saturated heterocycles. The minimum Gasteiger partial charge on any atom is -0.490 e. The Balaban J connectivity index is 1.41. The summed E-state index contributed by atoms with van der Waals surface area (Å²) in [7, 11) is 0. The van der Waals surface area contributed by atoms with Gasteiger partial charge in [-0.05, 0) is 60.6 Å². The van der Waals surface area contributed by atoms with Crippen molar-refractivity contribution in [3.63, 3.8) is 0 Å². The molecule has 2 aliphatic rings. The van der Waals surface area contributed by atoms with E-state index in [0.717, 1.165) is 35.0 Å². The molecule has 43 heavy (non-hydrogen) atoms. The van der Waals surface area contributed by atoms with Gasteiger partial charge in [-0.2, -0.15) is 0 Å². The number of likely N-dealkylation sites (tertiary alicyclic amines) is 1. The molecule has 0 saturated carbocycles. The van der Waals surface area contributed by atoms with Gasteiger partial charge in [0.05, 0.1) is 6.04 Å². The van der Waals surface area contributed by atoms with Crippen molar-refractivity contribution >= 4 is 35.0 Å². The summed E-state index contributed by atoms with van der Waals surface area (Å²) in [5.41, 5.74) is 2.48. The van der Waals surface area contributed by atoms with Crippen molar-refractivity contribution in [2.75, 3.05) is 29.9 Å². The molecule has 9 nitrogen and oxygen atoms in total. The van der Waals surface area contributed by atoms with Crippen LogP contribution in [0.25, 0.3) is 11.0 Å². The van der Waals surface area contributed by atoms with E-state index >= 15 is 0 Å². The van der Waals surface area contributed by atoms with E-state index in [-0.39, 0.29) is 11.9 Å². The Morgan fingerprint density at radius 1 is 1.02 bits per heavy atom. The Morgan fingerprint density at radius 3 is 2.33 bits per heavy atom. The van der Waals surface area contributed by atoms with Crippen LogP contribution in [0.2, 0.25) is 0 Å². The zero-order valence-electron chi connectivity index (χ0n) is 24.4. The number of halogens is 3. The number of carbonyl (C=O) groups is 2. The van der Waals surface area contributed by atoms with E-state index < -0.39 is 23.9 Å². The molecule has 2 amide bonds. The first-order valence-corrected chi connectivity index (χ1v) is 14.4. The van der Waals surface area contributed by atoms with Crippen molar-refractivity contribution in [1.82, 2.24) is 4.90 Å². The lowest BCUT2D eigenvalue weighted by Crippen LogP contribution is -2.38. The van der Waals surface area contributed by atoms with Crippen LogP contribution in [0, 0.1) is 0 Å². The van der Waals surface area contributed by atoms with E-state index in [2.05, 4.69) is 15.0 Å². The molecule has 2 aromatic carbocycles. The van der Waals surface area contributed by atoms with Crippen molar-refractivity contribution in [2.24, 2.45) is 0 Å². The van der Waals surface area contributed by atoms with Gasteiger partial charge < -0.3 is 28.8 Å². The SMILES string of the molecule is CC(C)(C)c1c(NC=O)oc2cc(OC3CCN(c4ccc(OC(F)(F)F)cc4)CC3)cc(C3CCCCN3C(=O)O)c12. The third kappa shape index (κ3) is 6.78. The van der Waals surface area contributed by atoms with Gasteiger partial charge >= 0.3 is 12.5 Å². The number of fused-ring (bicyclic) bond motifs is 1. The fourth-order valence-corrected chi connectivity index (χ4v) is 6.20. The summed E-state index contributed by atoms with van der Waals surface area (Å²) >= 11 is 0. The third-order valence-corrected chi connectivity index (χ3v) is 8.02. The molecular formula is C31H36F3N3O6.